The lowest BCUT2D eigenvalue weighted by atomic mass is 10.0. The molecule has 6 heteroatoms. The molecule has 0 spiro atoms. The van der Waals surface area contributed by atoms with Crippen molar-refractivity contribution >= 4 is 22.7 Å². The van der Waals surface area contributed by atoms with Crippen molar-refractivity contribution in [2.45, 2.75) is 31.7 Å². The molecule has 3 rings (SSSR count). The Balaban J connectivity index is 1.99. The monoisotopic (exact) mass is 343 g/mol. The standard InChI is InChI=1S/C18H18FN3OS/c1-10-6-11(2)15(12(3)7-10)9-24-18-21-16-8-13(19)4-5-14(16)17(23)22(18)20/h4-8H,9,20H2,1-3H3. The molecule has 0 amide bonds. The maximum atomic E-state index is 13.4. The molecule has 0 aliphatic heterocycles. The Labute approximate surface area is 143 Å². The van der Waals surface area contributed by atoms with Gasteiger partial charge in [0.15, 0.2) is 5.16 Å². The number of benzene rings is 2. The third kappa shape index (κ3) is 3.01. The number of aryl methyl sites for hydroxylation is 3. The van der Waals surface area contributed by atoms with E-state index in [9.17, 15) is 9.18 Å². The fraction of sp³-hybridized carbons (Fsp3) is 0.222. The molecule has 24 heavy (non-hydrogen) atoms. The average Bonchev–Trinajstić information content (AvgIpc) is 2.50. The van der Waals surface area contributed by atoms with Crippen LogP contribution in [0.5, 0.6) is 0 Å². The van der Waals surface area contributed by atoms with Gasteiger partial charge in [0, 0.05) is 11.8 Å². The van der Waals surface area contributed by atoms with E-state index in [0.29, 0.717) is 21.8 Å². The Morgan fingerprint density at radius 3 is 2.50 bits per heavy atom. The molecule has 124 valence electrons. The van der Waals surface area contributed by atoms with Crippen molar-refractivity contribution in [3.05, 3.63) is 68.8 Å². The number of rotatable bonds is 3. The third-order valence-electron chi connectivity index (χ3n) is 4.02. The molecule has 1 heterocycles. The largest absolute Gasteiger partial charge is 0.334 e. The van der Waals surface area contributed by atoms with Crippen molar-refractivity contribution in [1.29, 1.82) is 0 Å². The van der Waals surface area contributed by atoms with Crippen LogP contribution in [0, 0.1) is 26.6 Å². The summed E-state index contributed by atoms with van der Waals surface area (Å²) in [4.78, 5) is 16.7. The van der Waals surface area contributed by atoms with Crippen molar-refractivity contribution in [2.24, 2.45) is 0 Å². The second kappa shape index (κ2) is 6.28. The summed E-state index contributed by atoms with van der Waals surface area (Å²) in [6.07, 6.45) is 0. The van der Waals surface area contributed by atoms with Gasteiger partial charge in [-0.3, -0.25) is 4.79 Å². The lowest BCUT2D eigenvalue weighted by molar-refractivity contribution is 0.628. The van der Waals surface area contributed by atoms with E-state index in [-0.39, 0.29) is 5.56 Å². The minimum Gasteiger partial charge on any atom is -0.334 e. The first-order chi connectivity index (χ1) is 11.4. The predicted octanol–water partition coefficient (Wildman–Crippen LogP) is 3.47. The fourth-order valence-electron chi connectivity index (χ4n) is 2.83. The van der Waals surface area contributed by atoms with Gasteiger partial charge >= 0.3 is 0 Å². The predicted molar refractivity (Wildman–Crippen MR) is 96.3 cm³/mol. The van der Waals surface area contributed by atoms with Gasteiger partial charge in [0.25, 0.3) is 5.56 Å². The molecule has 0 saturated heterocycles. The second-order valence-corrected chi connectivity index (χ2v) is 6.84. The maximum absolute atomic E-state index is 13.4. The summed E-state index contributed by atoms with van der Waals surface area (Å²) in [5, 5.41) is 0.684. The van der Waals surface area contributed by atoms with Gasteiger partial charge in [0.05, 0.1) is 10.9 Å². The molecule has 3 aromatic rings. The van der Waals surface area contributed by atoms with Gasteiger partial charge in [0.2, 0.25) is 0 Å². The number of hydrogen-bond donors (Lipinski definition) is 1. The Kier molecular flexibility index (Phi) is 4.32. The number of nitrogen functional groups attached to an aromatic ring is 1. The highest BCUT2D eigenvalue weighted by molar-refractivity contribution is 7.98. The highest BCUT2D eigenvalue weighted by atomic mass is 32.2. The van der Waals surface area contributed by atoms with Crippen molar-refractivity contribution in [3.63, 3.8) is 0 Å². The molecule has 2 aromatic carbocycles. The van der Waals surface area contributed by atoms with Crippen LogP contribution in [-0.4, -0.2) is 9.66 Å². The van der Waals surface area contributed by atoms with E-state index >= 15 is 0 Å². The number of thioether (sulfide) groups is 1. The van der Waals surface area contributed by atoms with E-state index in [4.69, 9.17) is 5.84 Å². The van der Waals surface area contributed by atoms with Gasteiger partial charge in [-0.1, -0.05) is 29.5 Å². The highest BCUT2D eigenvalue weighted by Gasteiger charge is 2.12. The number of aromatic nitrogens is 2. The Bertz CT molecular complexity index is 974. The van der Waals surface area contributed by atoms with Crippen LogP contribution in [0.25, 0.3) is 10.9 Å². The normalized spacial score (nSPS) is 11.2. The molecule has 4 nitrogen and oxygen atoms in total. The quantitative estimate of drug-likeness (QED) is 0.449. The summed E-state index contributed by atoms with van der Waals surface area (Å²) in [5.41, 5.74) is 4.74. The van der Waals surface area contributed by atoms with Crippen LogP contribution in [0.4, 0.5) is 4.39 Å². The van der Waals surface area contributed by atoms with Crippen molar-refractivity contribution in [3.8, 4) is 0 Å². The van der Waals surface area contributed by atoms with E-state index < -0.39 is 5.82 Å². The molecule has 0 radical (unpaired) electrons. The van der Waals surface area contributed by atoms with E-state index in [0.717, 1.165) is 4.68 Å². The molecule has 0 aliphatic carbocycles. The summed E-state index contributed by atoms with van der Waals surface area (Å²) in [6.45, 7) is 6.19. The number of hydrogen-bond acceptors (Lipinski definition) is 4. The first-order valence-electron chi connectivity index (χ1n) is 7.53. The van der Waals surface area contributed by atoms with E-state index in [1.807, 2.05) is 0 Å². The minimum atomic E-state index is -0.426. The number of fused-ring (bicyclic) bond motifs is 1. The molecular formula is C18H18FN3OS. The van der Waals surface area contributed by atoms with Crippen molar-refractivity contribution in [1.82, 2.24) is 9.66 Å². The fourth-order valence-corrected chi connectivity index (χ4v) is 3.94. The Morgan fingerprint density at radius 2 is 1.83 bits per heavy atom. The van der Waals surface area contributed by atoms with Gasteiger partial charge in [-0.25, -0.2) is 14.1 Å². The van der Waals surface area contributed by atoms with E-state index in [1.54, 1.807) is 0 Å². The molecule has 1 aromatic heterocycles. The SMILES string of the molecule is Cc1cc(C)c(CSc2nc3cc(F)ccc3c(=O)n2N)c(C)c1. The molecule has 0 saturated carbocycles. The summed E-state index contributed by atoms with van der Waals surface area (Å²) in [6, 6.07) is 8.15. The third-order valence-corrected chi connectivity index (χ3v) is 5.00. The van der Waals surface area contributed by atoms with Gasteiger partial charge in [-0.15, -0.1) is 0 Å². The zero-order valence-electron chi connectivity index (χ0n) is 13.8. The maximum Gasteiger partial charge on any atom is 0.280 e. The van der Waals surface area contributed by atoms with Crippen LogP contribution >= 0.6 is 11.8 Å². The Hall–Kier alpha value is -2.34. The summed E-state index contributed by atoms with van der Waals surface area (Å²) < 4.78 is 14.4. The van der Waals surface area contributed by atoms with E-state index in [2.05, 4.69) is 37.9 Å². The van der Waals surface area contributed by atoms with Crippen LogP contribution in [0.2, 0.25) is 0 Å². The molecule has 0 aliphatic rings. The zero-order chi connectivity index (χ0) is 17.4. The van der Waals surface area contributed by atoms with Crippen LogP contribution < -0.4 is 11.4 Å². The second-order valence-electron chi connectivity index (χ2n) is 5.90. The lowest BCUT2D eigenvalue weighted by Crippen LogP contribution is -2.29. The number of halogens is 1. The zero-order valence-corrected chi connectivity index (χ0v) is 14.6. The molecule has 0 unspecified atom stereocenters. The first kappa shape index (κ1) is 16.5. The van der Waals surface area contributed by atoms with Gasteiger partial charge in [0.1, 0.15) is 5.82 Å². The van der Waals surface area contributed by atoms with Crippen LogP contribution in [0.1, 0.15) is 22.3 Å². The van der Waals surface area contributed by atoms with Crippen LogP contribution in [0.3, 0.4) is 0 Å². The van der Waals surface area contributed by atoms with Gasteiger partial charge in [-0.2, -0.15) is 0 Å². The molecular weight excluding hydrogens is 325 g/mol. The minimum absolute atomic E-state index is 0.311. The molecule has 0 bridgehead atoms. The molecule has 2 N–H and O–H groups in total. The number of nitrogens with two attached hydrogens (primary N) is 1. The lowest BCUT2D eigenvalue weighted by Gasteiger charge is -2.12. The average molecular weight is 343 g/mol. The highest BCUT2D eigenvalue weighted by Crippen LogP contribution is 2.26. The molecule has 0 atom stereocenters. The van der Waals surface area contributed by atoms with E-state index in [1.165, 1.54) is 52.2 Å². The van der Waals surface area contributed by atoms with Crippen LogP contribution in [0.15, 0.2) is 40.3 Å². The topological polar surface area (TPSA) is 60.9 Å². The van der Waals surface area contributed by atoms with Crippen molar-refractivity contribution < 1.29 is 4.39 Å². The number of nitrogens with zero attached hydrogens (tertiary/aromatic N) is 2. The van der Waals surface area contributed by atoms with Gasteiger partial charge < -0.3 is 5.84 Å². The van der Waals surface area contributed by atoms with Crippen LogP contribution in [-0.2, 0) is 5.75 Å². The summed E-state index contributed by atoms with van der Waals surface area (Å²) in [7, 11) is 0. The first-order valence-corrected chi connectivity index (χ1v) is 8.52. The smallest absolute Gasteiger partial charge is 0.280 e. The van der Waals surface area contributed by atoms with Crippen molar-refractivity contribution in [2.75, 3.05) is 5.84 Å². The summed E-state index contributed by atoms with van der Waals surface area (Å²) in [5.74, 6) is 6.09. The summed E-state index contributed by atoms with van der Waals surface area (Å²) >= 11 is 1.37. The van der Waals surface area contributed by atoms with Gasteiger partial charge in [-0.05, 0) is 49.6 Å². The Morgan fingerprint density at radius 1 is 1.17 bits per heavy atom. The molecule has 0 fully saturated rings.